The van der Waals surface area contributed by atoms with Crippen molar-refractivity contribution in [3.05, 3.63) is 64.7 Å². The minimum Gasteiger partial charge on any atom is -0.496 e. The number of halogens is 1. The van der Waals surface area contributed by atoms with Gasteiger partial charge in [-0.05, 0) is 30.2 Å². The smallest absolute Gasteiger partial charge is 0.239 e. The Bertz CT molecular complexity index is 761. The largest absolute Gasteiger partial charge is 0.496 e. The molecule has 0 bridgehead atoms. The Morgan fingerprint density at radius 1 is 1.15 bits per heavy atom. The van der Waals surface area contributed by atoms with E-state index in [1.165, 1.54) is 0 Å². The van der Waals surface area contributed by atoms with E-state index in [1.54, 1.807) is 7.11 Å². The number of carbonyl (C=O) groups is 1. The van der Waals surface area contributed by atoms with Gasteiger partial charge in [0.15, 0.2) is 0 Å². The molecule has 1 aliphatic heterocycles. The first-order valence-corrected chi connectivity index (χ1v) is 9.57. The number of amides is 1. The van der Waals surface area contributed by atoms with Crippen molar-refractivity contribution in [2.45, 2.75) is 19.0 Å². The van der Waals surface area contributed by atoms with Crippen molar-refractivity contribution in [1.82, 2.24) is 9.80 Å². The molecule has 0 aliphatic carbocycles. The monoisotopic (exact) mass is 387 g/mol. The summed E-state index contributed by atoms with van der Waals surface area (Å²) in [5.41, 5.74) is 8.31. The lowest BCUT2D eigenvalue weighted by Gasteiger charge is -2.36. The van der Waals surface area contributed by atoms with Crippen molar-refractivity contribution < 1.29 is 9.53 Å². The van der Waals surface area contributed by atoms with Crippen molar-refractivity contribution >= 4 is 17.5 Å². The Hall–Kier alpha value is -2.08. The minimum atomic E-state index is -0.494. The van der Waals surface area contributed by atoms with Crippen molar-refractivity contribution in [2.75, 3.05) is 33.3 Å². The molecule has 1 amide bonds. The molecule has 1 saturated heterocycles. The Labute approximate surface area is 165 Å². The summed E-state index contributed by atoms with van der Waals surface area (Å²) in [5, 5.41) is 0.700. The van der Waals surface area contributed by atoms with Crippen LogP contribution in [0.1, 0.15) is 11.1 Å². The van der Waals surface area contributed by atoms with E-state index in [9.17, 15) is 4.79 Å². The van der Waals surface area contributed by atoms with Crippen LogP contribution in [0.5, 0.6) is 5.75 Å². The Balaban J connectivity index is 1.52. The van der Waals surface area contributed by atoms with E-state index < -0.39 is 6.04 Å². The van der Waals surface area contributed by atoms with Crippen molar-refractivity contribution in [2.24, 2.45) is 5.73 Å². The second-order valence-corrected chi connectivity index (χ2v) is 7.29. The van der Waals surface area contributed by atoms with Crippen LogP contribution in [0.4, 0.5) is 0 Å². The molecule has 3 rings (SSSR count). The second-order valence-electron chi connectivity index (χ2n) is 6.85. The van der Waals surface area contributed by atoms with Gasteiger partial charge in [-0.15, -0.1) is 0 Å². The molecule has 0 aromatic heterocycles. The van der Waals surface area contributed by atoms with E-state index in [4.69, 9.17) is 22.1 Å². The summed E-state index contributed by atoms with van der Waals surface area (Å²) < 4.78 is 5.42. The zero-order valence-corrected chi connectivity index (χ0v) is 16.4. The van der Waals surface area contributed by atoms with Crippen LogP contribution < -0.4 is 10.5 Å². The molecular formula is C21H26ClN3O2. The average Bonchev–Trinajstić information content (AvgIpc) is 2.69. The highest BCUT2D eigenvalue weighted by atomic mass is 35.5. The molecular weight excluding hydrogens is 362 g/mol. The fourth-order valence-electron chi connectivity index (χ4n) is 3.43. The van der Waals surface area contributed by atoms with Gasteiger partial charge in [-0.2, -0.15) is 0 Å². The lowest BCUT2D eigenvalue weighted by atomic mass is 10.1. The summed E-state index contributed by atoms with van der Waals surface area (Å²) in [4.78, 5) is 16.8. The number of nitrogens with two attached hydrogens (primary N) is 1. The van der Waals surface area contributed by atoms with Gasteiger partial charge in [0.1, 0.15) is 5.75 Å². The molecule has 0 spiro atoms. The molecule has 2 aromatic rings. The molecule has 1 atom stereocenters. The summed E-state index contributed by atoms with van der Waals surface area (Å²) >= 11 is 6.12. The van der Waals surface area contributed by atoms with E-state index in [1.807, 2.05) is 53.4 Å². The van der Waals surface area contributed by atoms with Crippen LogP contribution >= 0.6 is 11.6 Å². The average molecular weight is 388 g/mol. The number of nitrogens with zero attached hydrogens (tertiary/aromatic N) is 2. The summed E-state index contributed by atoms with van der Waals surface area (Å²) in [6.07, 6.45) is 0.569. The summed E-state index contributed by atoms with van der Waals surface area (Å²) in [6.45, 7) is 3.73. The number of piperazine rings is 1. The molecule has 6 heteroatoms. The molecule has 1 unspecified atom stereocenters. The van der Waals surface area contributed by atoms with Crippen molar-refractivity contribution in [3.63, 3.8) is 0 Å². The zero-order valence-electron chi connectivity index (χ0n) is 15.6. The predicted molar refractivity (Wildman–Crippen MR) is 108 cm³/mol. The third-order valence-electron chi connectivity index (χ3n) is 4.94. The maximum Gasteiger partial charge on any atom is 0.239 e. The van der Waals surface area contributed by atoms with E-state index in [0.29, 0.717) is 24.5 Å². The van der Waals surface area contributed by atoms with Gasteiger partial charge in [-0.1, -0.05) is 41.9 Å². The van der Waals surface area contributed by atoms with Gasteiger partial charge in [0.2, 0.25) is 5.91 Å². The maximum absolute atomic E-state index is 12.7. The predicted octanol–water partition coefficient (Wildman–Crippen LogP) is 2.56. The fraction of sp³-hybridized carbons (Fsp3) is 0.381. The molecule has 2 N–H and O–H groups in total. The molecule has 144 valence electrons. The van der Waals surface area contributed by atoms with Gasteiger partial charge < -0.3 is 15.4 Å². The van der Waals surface area contributed by atoms with Gasteiger partial charge in [0.05, 0.1) is 13.2 Å². The third-order valence-corrected chi connectivity index (χ3v) is 5.17. The van der Waals surface area contributed by atoms with Crippen molar-refractivity contribution in [1.29, 1.82) is 0 Å². The van der Waals surface area contributed by atoms with Crippen LogP contribution in [0.3, 0.4) is 0 Å². The lowest BCUT2D eigenvalue weighted by molar-refractivity contribution is -0.134. The first-order chi connectivity index (χ1) is 13.1. The van der Waals surface area contributed by atoms with Gasteiger partial charge in [0, 0.05) is 43.3 Å². The number of carbonyl (C=O) groups excluding carboxylic acids is 1. The summed E-state index contributed by atoms with van der Waals surface area (Å²) in [7, 11) is 1.66. The number of rotatable bonds is 6. The molecule has 1 fully saturated rings. The van der Waals surface area contributed by atoms with Gasteiger partial charge in [-0.3, -0.25) is 9.69 Å². The highest BCUT2D eigenvalue weighted by Crippen LogP contribution is 2.24. The Morgan fingerprint density at radius 2 is 1.85 bits per heavy atom. The molecule has 0 saturated carbocycles. The van der Waals surface area contributed by atoms with Crippen molar-refractivity contribution in [3.8, 4) is 5.75 Å². The summed E-state index contributed by atoms with van der Waals surface area (Å²) in [5.74, 6) is 0.863. The van der Waals surface area contributed by atoms with E-state index in [2.05, 4.69) is 4.90 Å². The summed E-state index contributed by atoms with van der Waals surface area (Å²) in [6, 6.07) is 15.1. The number of hydrogen-bond acceptors (Lipinski definition) is 4. The quantitative estimate of drug-likeness (QED) is 0.827. The highest BCUT2D eigenvalue weighted by molar-refractivity contribution is 6.30. The first-order valence-electron chi connectivity index (χ1n) is 9.20. The van der Waals surface area contributed by atoms with Crippen LogP contribution in [0, 0.1) is 0 Å². The number of hydrogen-bond donors (Lipinski definition) is 1. The topological polar surface area (TPSA) is 58.8 Å². The maximum atomic E-state index is 12.7. The van der Waals surface area contributed by atoms with Gasteiger partial charge >= 0.3 is 0 Å². The normalized spacial score (nSPS) is 16.2. The standard InChI is InChI=1S/C21H26ClN3O2/c1-27-20-8-7-18(22)14-17(20)15-24-9-11-25(12-10-24)21(26)19(23)13-16-5-3-2-4-6-16/h2-8,14,19H,9-13,15,23H2,1H3. The number of methoxy groups -OCH3 is 1. The lowest BCUT2D eigenvalue weighted by Crippen LogP contribution is -2.53. The molecule has 0 radical (unpaired) electrons. The van der Waals surface area contributed by atoms with E-state index in [-0.39, 0.29) is 5.91 Å². The molecule has 1 aliphatic rings. The Morgan fingerprint density at radius 3 is 2.52 bits per heavy atom. The SMILES string of the molecule is COc1ccc(Cl)cc1CN1CCN(C(=O)C(N)Cc2ccccc2)CC1. The van der Waals surface area contributed by atoms with Crippen LogP contribution in [0.25, 0.3) is 0 Å². The number of ether oxygens (including phenoxy) is 1. The Kier molecular flexibility index (Phi) is 6.72. The fourth-order valence-corrected chi connectivity index (χ4v) is 3.62. The van der Waals surface area contributed by atoms with Crippen LogP contribution in [0.2, 0.25) is 5.02 Å². The second kappa shape index (κ2) is 9.22. The molecule has 5 nitrogen and oxygen atoms in total. The number of benzene rings is 2. The van der Waals surface area contributed by atoms with Crippen LogP contribution in [-0.2, 0) is 17.8 Å². The third kappa shape index (κ3) is 5.22. The van der Waals surface area contributed by atoms with Crippen LogP contribution in [-0.4, -0.2) is 55.0 Å². The van der Waals surface area contributed by atoms with E-state index >= 15 is 0 Å². The van der Waals surface area contributed by atoms with Gasteiger partial charge in [0.25, 0.3) is 0 Å². The highest BCUT2D eigenvalue weighted by Gasteiger charge is 2.25. The first kappa shape index (κ1) is 19.7. The molecule has 2 aromatic carbocycles. The van der Waals surface area contributed by atoms with Crippen LogP contribution in [0.15, 0.2) is 48.5 Å². The van der Waals surface area contributed by atoms with E-state index in [0.717, 1.165) is 36.5 Å². The minimum absolute atomic E-state index is 0.0267. The zero-order chi connectivity index (χ0) is 19.2. The molecule has 27 heavy (non-hydrogen) atoms. The molecule has 1 heterocycles. The van der Waals surface area contributed by atoms with Gasteiger partial charge in [-0.25, -0.2) is 0 Å².